The highest BCUT2D eigenvalue weighted by atomic mass is 16.5. The van der Waals surface area contributed by atoms with Gasteiger partial charge in [0.25, 0.3) is 0 Å². The summed E-state index contributed by atoms with van der Waals surface area (Å²) in [7, 11) is 1.69. The summed E-state index contributed by atoms with van der Waals surface area (Å²) < 4.78 is 11.4. The SMILES string of the molecule is COc1ccccc1OCCC1=CC2CCCC(C1)N2Cc1ccccc1. The maximum absolute atomic E-state index is 6.00. The number of methoxy groups -OCH3 is 1. The molecule has 27 heavy (non-hydrogen) atoms. The number of nitrogens with zero attached hydrogens (tertiary/aromatic N) is 1. The van der Waals surface area contributed by atoms with Crippen molar-refractivity contribution in [2.75, 3.05) is 13.7 Å². The Morgan fingerprint density at radius 1 is 0.963 bits per heavy atom. The molecule has 1 fully saturated rings. The summed E-state index contributed by atoms with van der Waals surface area (Å²) in [5.74, 6) is 1.64. The summed E-state index contributed by atoms with van der Waals surface area (Å²) in [6, 6.07) is 20.0. The molecule has 2 aromatic rings. The van der Waals surface area contributed by atoms with Crippen LogP contribution in [0.25, 0.3) is 0 Å². The predicted octanol–water partition coefficient (Wildman–Crippen LogP) is 5.22. The minimum absolute atomic E-state index is 0.582. The van der Waals surface area contributed by atoms with Gasteiger partial charge in [0.05, 0.1) is 13.7 Å². The fourth-order valence-corrected chi connectivity index (χ4v) is 4.46. The fourth-order valence-electron chi connectivity index (χ4n) is 4.46. The molecular formula is C24H29NO2. The van der Waals surface area contributed by atoms with E-state index in [0.717, 1.165) is 24.5 Å². The van der Waals surface area contributed by atoms with E-state index in [1.165, 1.54) is 31.2 Å². The first-order chi connectivity index (χ1) is 13.3. The highest BCUT2D eigenvalue weighted by Crippen LogP contribution is 2.35. The Morgan fingerprint density at radius 2 is 1.74 bits per heavy atom. The van der Waals surface area contributed by atoms with Gasteiger partial charge in [-0.25, -0.2) is 0 Å². The van der Waals surface area contributed by atoms with Crippen LogP contribution in [0, 0.1) is 0 Å². The molecule has 0 N–H and O–H groups in total. The van der Waals surface area contributed by atoms with Gasteiger partial charge in [-0.3, -0.25) is 4.90 Å². The first-order valence-corrected chi connectivity index (χ1v) is 10.1. The van der Waals surface area contributed by atoms with E-state index < -0.39 is 0 Å². The van der Waals surface area contributed by atoms with E-state index in [1.54, 1.807) is 12.7 Å². The lowest BCUT2D eigenvalue weighted by Crippen LogP contribution is -2.48. The Labute approximate surface area is 162 Å². The smallest absolute Gasteiger partial charge is 0.161 e. The zero-order chi connectivity index (χ0) is 18.5. The Kier molecular flexibility index (Phi) is 5.78. The highest BCUT2D eigenvalue weighted by Gasteiger charge is 2.33. The number of ether oxygens (including phenoxy) is 2. The van der Waals surface area contributed by atoms with Gasteiger partial charge in [0, 0.05) is 25.0 Å². The number of hydrogen-bond donors (Lipinski definition) is 0. The second-order valence-electron chi connectivity index (χ2n) is 7.59. The molecule has 2 atom stereocenters. The zero-order valence-corrected chi connectivity index (χ0v) is 16.1. The Bertz CT molecular complexity index is 771. The third-order valence-corrected chi connectivity index (χ3v) is 5.82. The molecule has 2 aromatic carbocycles. The van der Waals surface area contributed by atoms with Crippen molar-refractivity contribution in [1.29, 1.82) is 0 Å². The van der Waals surface area contributed by atoms with E-state index in [-0.39, 0.29) is 0 Å². The summed E-state index contributed by atoms with van der Waals surface area (Å²) in [5.41, 5.74) is 2.98. The first-order valence-electron chi connectivity index (χ1n) is 10.1. The van der Waals surface area contributed by atoms with Crippen molar-refractivity contribution in [2.24, 2.45) is 0 Å². The molecule has 1 saturated heterocycles. The van der Waals surface area contributed by atoms with E-state index in [2.05, 4.69) is 41.3 Å². The van der Waals surface area contributed by atoms with Gasteiger partial charge in [-0.1, -0.05) is 60.5 Å². The van der Waals surface area contributed by atoms with Gasteiger partial charge in [0.15, 0.2) is 11.5 Å². The molecule has 0 aliphatic carbocycles. The van der Waals surface area contributed by atoms with Crippen LogP contribution in [0.5, 0.6) is 11.5 Å². The fraction of sp³-hybridized carbons (Fsp3) is 0.417. The lowest BCUT2D eigenvalue weighted by molar-refractivity contribution is 0.0869. The van der Waals surface area contributed by atoms with Gasteiger partial charge >= 0.3 is 0 Å². The zero-order valence-electron chi connectivity index (χ0n) is 16.1. The van der Waals surface area contributed by atoms with Crippen molar-refractivity contribution in [3.8, 4) is 11.5 Å². The van der Waals surface area contributed by atoms with Crippen LogP contribution in [0.1, 0.15) is 37.7 Å². The molecule has 0 amide bonds. The minimum atomic E-state index is 0.582. The molecule has 3 heteroatoms. The number of benzene rings is 2. The van der Waals surface area contributed by atoms with Crippen molar-refractivity contribution >= 4 is 0 Å². The van der Waals surface area contributed by atoms with Crippen LogP contribution in [0.4, 0.5) is 0 Å². The van der Waals surface area contributed by atoms with E-state index in [9.17, 15) is 0 Å². The highest BCUT2D eigenvalue weighted by molar-refractivity contribution is 5.39. The molecular weight excluding hydrogens is 334 g/mol. The molecule has 2 bridgehead atoms. The first kappa shape index (κ1) is 18.1. The second kappa shape index (κ2) is 8.62. The van der Waals surface area contributed by atoms with Gasteiger partial charge in [-0.15, -0.1) is 0 Å². The summed E-state index contributed by atoms with van der Waals surface area (Å²) in [4.78, 5) is 2.71. The van der Waals surface area contributed by atoms with Crippen LogP contribution in [-0.2, 0) is 6.54 Å². The van der Waals surface area contributed by atoms with Crippen LogP contribution in [0.2, 0.25) is 0 Å². The molecule has 4 rings (SSSR count). The van der Waals surface area contributed by atoms with Crippen LogP contribution >= 0.6 is 0 Å². The van der Waals surface area contributed by atoms with Crippen molar-refractivity contribution < 1.29 is 9.47 Å². The normalized spacial score (nSPS) is 22.2. The maximum atomic E-state index is 6.00. The average Bonchev–Trinajstić information content (AvgIpc) is 2.69. The van der Waals surface area contributed by atoms with Gasteiger partial charge in [0.2, 0.25) is 0 Å². The minimum Gasteiger partial charge on any atom is -0.493 e. The lowest BCUT2D eigenvalue weighted by Gasteiger charge is -2.45. The van der Waals surface area contributed by atoms with E-state index in [0.29, 0.717) is 18.7 Å². The molecule has 142 valence electrons. The van der Waals surface area contributed by atoms with Gasteiger partial charge < -0.3 is 9.47 Å². The van der Waals surface area contributed by atoms with Gasteiger partial charge in [0.1, 0.15) is 0 Å². The van der Waals surface area contributed by atoms with Crippen LogP contribution in [-0.4, -0.2) is 30.7 Å². The summed E-state index contributed by atoms with van der Waals surface area (Å²) in [5, 5.41) is 0. The Balaban J connectivity index is 1.37. The molecule has 2 aliphatic rings. The van der Waals surface area contributed by atoms with Crippen molar-refractivity contribution in [3.63, 3.8) is 0 Å². The largest absolute Gasteiger partial charge is 0.493 e. The van der Waals surface area contributed by atoms with Crippen LogP contribution < -0.4 is 9.47 Å². The second-order valence-corrected chi connectivity index (χ2v) is 7.59. The molecule has 2 unspecified atom stereocenters. The topological polar surface area (TPSA) is 21.7 Å². The number of hydrogen-bond acceptors (Lipinski definition) is 3. The summed E-state index contributed by atoms with van der Waals surface area (Å²) >= 11 is 0. The van der Waals surface area contributed by atoms with Crippen molar-refractivity contribution in [1.82, 2.24) is 4.90 Å². The molecule has 0 aromatic heterocycles. The van der Waals surface area contributed by atoms with Crippen LogP contribution in [0.15, 0.2) is 66.2 Å². The van der Waals surface area contributed by atoms with E-state index in [1.807, 2.05) is 24.3 Å². The lowest BCUT2D eigenvalue weighted by atomic mass is 9.84. The monoisotopic (exact) mass is 363 g/mol. The molecule has 0 radical (unpaired) electrons. The van der Waals surface area contributed by atoms with Crippen molar-refractivity contribution in [2.45, 2.75) is 50.7 Å². The molecule has 2 heterocycles. The Hall–Kier alpha value is -2.26. The number of piperidine rings is 1. The van der Waals surface area contributed by atoms with E-state index in [4.69, 9.17) is 9.47 Å². The quantitative estimate of drug-likeness (QED) is 0.630. The van der Waals surface area contributed by atoms with Crippen molar-refractivity contribution in [3.05, 3.63) is 71.8 Å². The summed E-state index contributed by atoms with van der Waals surface area (Å²) in [6.07, 6.45) is 8.64. The standard InChI is InChI=1S/C24H29NO2/c1-26-23-12-5-6-13-24(23)27-15-14-20-16-21-10-7-11-22(17-20)25(21)18-19-8-3-2-4-9-19/h2-6,8-9,12-13,16,21-22H,7,10-11,14-15,17-18H2,1H3. The molecule has 0 spiro atoms. The number of rotatable bonds is 7. The van der Waals surface area contributed by atoms with Gasteiger partial charge in [-0.05, 0) is 37.0 Å². The predicted molar refractivity (Wildman–Crippen MR) is 109 cm³/mol. The molecule has 0 saturated carbocycles. The Morgan fingerprint density at radius 3 is 2.52 bits per heavy atom. The molecule has 2 aliphatic heterocycles. The van der Waals surface area contributed by atoms with E-state index >= 15 is 0 Å². The number of para-hydroxylation sites is 2. The number of fused-ring (bicyclic) bond motifs is 2. The third-order valence-electron chi connectivity index (χ3n) is 5.82. The van der Waals surface area contributed by atoms with Gasteiger partial charge in [-0.2, -0.15) is 0 Å². The van der Waals surface area contributed by atoms with Crippen LogP contribution in [0.3, 0.4) is 0 Å². The molecule has 3 nitrogen and oxygen atoms in total. The third kappa shape index (κ3) is 4.36. The maximum Gasteiger partial charge on any atom is 0.161 e. The average molecular weight is 364 g/mol. The summed E-state index contributed by atoms with van der Waals surface area (Å²) in [6.45, 7) is 1.78.